The van der Waals surface area contributed by atoms with Crippen molar-refractivity contribution in [1.29, 1.82) is 0 Å². The highest BCUT2D eigenvalue weighted by atomic mass is 35.5. The van der Waals surface area contributed by atoms with Crippen molar-refractivity contribution in [2.75, 3.05) is 102 Å². The summed E-state index contributed by atoms with van der Waals surface area (Å²) in [4.78, 5) is 187. The third-order valence-corrected chi connectivity index (χ3v) is 21.3. The Morgan fingerprint density at radius 2 is 1.24 bits per heavy atom. The minimum Gasteiger partial charge on any atom is -0.378 e. The SMILES string of the molecule is CC[C@H](C)[C@@H]1NC(=O)[C@H](CC(F)(F)F)N(C)C(=O)C[C@@H](C(=O)N2CCOCC2)N(C)C(=O)[C@H](C2CCCCC2)N(C)C(=O)C2(CCCC2)NC(=O)[C@@H]2CCCN2C(=O)[C@H](CCc2ccc(C(F)(F)F)c(Cl)c2)NC(=O)CN(C)C(=O)[C@H](Cc2ccc(C)cc2)N(C)C(=O)CN(C)C(=O)CN(C)C1=O. The van der Waals surface area contributed by atoms with Crippen LogP contribution in [0.3, 0.4) is 0 Å². The Morgan fingerprint density at radius 3 is 1.84 bits per heavy atom. The number of fused-ring (bicyclic) bond motifs is 1. The van der Waals surface area contributed by atoms with Crippen LogP contribution >= 0.6 is 11.6 Å². The number of morpholine rings is 1. The molecule has 1 spiro atoms. The van der Waals surface area contributed by atoms with Gasteiger partial charge in [0, 0.05) is 75.4 Å². The third-order valence-electron chi connectivity index (χ3n) is 21.0. The Hall–Kier alpha value is -8.09. The Bertz CT molecular complexity index is 3420. The van der Waals surface area contributed by atoms with Crippen molar-refractivity contribution in [2.24, 2.45) is 11.8 Å². The van der Waals surface area contributed by atoms with Crippen molar-refractivity contribution in [2.45, 2.75) is 190 Å². The van der Waals surface area contributed by atoms with Gasteiger partial charge in [-0.05, 0) is 93.4 Å². The van der Waals surface area contributed by atoms with Crippen LogP contribution in [-0.2, 0) is 81.3 Å². The molecule has 3 aliphatic heterocycles. The molecule has 0 aromatic heterocycles. The number of halogens is 7. The van der Waals surface area contributed by atoms with Gasteiger partial charge in [0.25, 0.3) is 0 Å². The lowest BCUT2D eigenvalue weighted by Gasteiger charge is -2.43. The fourth-order valence-corrected chi connectivity index (χ4v) is 14.7. The fraction of sp³-hybridized carbons (Fsp3) is 0.662. The lowest BCUT2D eigenvalue weighted by Crippen LogP contribution is -2.65. The second-order valence-corrected chi connectivity index (χ2v) is 28.8. The number of alkyl halides is 6. The van der Waals surface area contributed by atoms with E-state index in [1.165, 1.54) is 70.0 Å². The van der Waals surface area contributed by atoms with Crippen LogP contribution in [0.1, 0.15) is 132 Å². The maximum Gasteiger partial charge on any atom is 0.417 e. The highest BCUT2D eigenvalue weighted by molar-refractivity contribution is 6.31. The molecule has 2 aliphatic carbocycles. The van der Waals surface area contributed by atoms with Gasteiger partial charge in [0.1, 0.15) is 47.8 Å². The summed E-state index contributed by atoms with van der Waals surface area (Å²) in [7, 11) is 8.58. The Labute approximate surface area is 602 Å². The van der Waals surface area contributed by atoms with Crippen LogP contribution in [0.15, 0.2) is 42.5 Å². The molecule has 0 unspecified atom stereocenters. The number of rotatable bonds is 10. The highest BCUT2D eigenvalue weighted by Gasteiger charge is 2.52. The fourth-order valence-electron chi connectivity index (χ4n) is 14.4. The van der Waals surface area contributed by atoms with Gasteiger partial charge in [0.15, 0.2) is 0 Å². The summed E-state index contributed by atoms with van der Waals surface area (Å²) >= 11 is 6.13. The molecule has 3 heterocycles. The van der Waals surface area contributed by atoms with Crippen molar-refractivity contribution in [3.63, 3.8) is 0 Å². The van der Waals surface area contributed by atoms with Crippen LogP contribution in [0.2, 0.25) is 5.02 Å². The average Bonchev–Trinajstić information content (AvgIpc) is 1.63. The molecule has 7 rings (SSSR count). The van der Waals surface area contributed by atoms with Gasteiger partial charge in [-0.1, -0.05) is 99.9 Å². The molecule has 5 fully saturated rings. The van der Waals surface area contributed by atoms with Gasteiger partial charge in [-0.15, -0.1) is 0 Å². The van der Waals surface area contributed by atoms with Crippen molar-refractivity contribution < 1.29 is 88.6 Å². The van der Waals surface area contributed by atoms with E-state index in [1.807, 2.05) is 6.92 Å². The molecule has 2 saturated carbocycles. The number of aryl methyl sites for hydroxylation is 2. The van der Waals surface area contributed by atoms with Gasteiger partial charge >= 0.3 is 12.4 Å². The number of nitrogens with one attached hydrogen (secondary N) is 3. The van der Waals surface area contributed by atoms with Crippen LogP contribution < -0.4 is 16.0 Å². The van der Waals surface area contributed by atoms with E-state index in [9.17, 15) is 64.7 Å². The molecule has 3 N–H and O–H groups in total. The predicted molar refractivity (Wildman–Crippen MR) is 365 cm³/mol. The van der Waals surface area contributed by atoms with Crippen molar-refractivity contribution in [3.8, 4) is 0 Å². The maximum atomic E-state index is 15.7. The minimum absolute atomic E-state index is 0.00345. The summed E-state index contributed by atoms with van der Waals surface area (Å²) in [5.74, 6) is -12.1. The second kappa shape index (κ2) is 35.6. The van der Waals surface area contributed by atoms with Gasteiger partial charge in [-0.25, -0.2) is 0 Å². The van der Waals surface area contributed by atoms with E-state index in [1.54, 1.807) is 31.2 Å². The van der Waals surface area contributed by atoms with E-state index in [4.69, 9.17) is 16.3 Å². The largest absolute Gasteiger partial charge is 0.417 e. The zero-order valence-electron chi connectivity index (χ0n) is 60.4. The molecule has 0 radical (unpaired) electrons. The first-order chi connectivity index (χ1) is 48.4. The summed E-state index contributed by atoms with van der Waals surface area (Å²) < 4.78 is 91.5. The smallest absolute Gasteiger partial charge is 0.378 e. The zero-order chi connectivity index (χ0) is 76.2. The first-order valence-electron chi connectivity index (χ1n) is 35.2. The van der Waals surface area contributed by atoms with Gasteiger partial charge in [-0.3, -0.25) is 57.5 Å². The molecule has 2 aromatic rings. The molecular weight excluding hydrogens is 1380 g/mol. The van der Waals surface area contributed by atoms with E-state index >= 15 is 19.2 Å². The first kappa shape index (κ1) is 82.2. The summed E-state index contributed by atoms with van der Waals surface area (Å²) in [6, 6.07) is -1.19. The number of carbonyl (C=O) groups is 12. The Morgan fingerprint density at radius 1 is 0.641 bits per heavy atom. The number of hydrogen-bond donors (Lipinski definition) is 3. The zero-order valence-corrected chi connectivity index (χ0v) is 61.1. The maximum absolute atomic E-state index is 15.7. The number of hydrogen-bond acceptors (Lipinski definition) is 13. The molecule has 3 saturated heterocycles. The van der Waals surface area contributed by atoms with Gasteiger partial charge in [-0.2, -0.15) is 26.3 Å². The summed E-state index contributed by atoms with van der Waals surface area (Å²) in [5.41, 5.74) is -1.10. The molecule has 570 valence electrons. The number of amides is 12. The molecule has 32 heteroatoms. The average molecular weight is 1480 g/mol. The summed E-state index contributed by atoms with van der Waals surface area (Å²) in [5, 5.41) is 7.48. The monoisotopic (exact) mass is 1480 g/mol. The van der Waals surface area contributed by atoms with Crippen molar-refractivity contribution in [3.05, 3.63) is 69.7 Å². The van der Waals surface area contributed by atoms with E-state index in [-0.39, 0.29) is 89.8 Å². The van der Waals surface area contributed by atoms with Crippen LogP contribution in [0.5, 0.6) is 0 Å². The third kappa shape index (κ3) is 20.9. The lowest BCUT2D eigenvalue weighted by molar-refractivity contribution is -0.164. The molecular formula is C71H99ClF6N12O13. The quantitative estimate of drug-likeness (QED) is 0.271. The number of nitrogens with zero attached hydrogens (tertiary/aromatic N) is 9. The second-order valence-electron chi connectivity index (χ2n) is 28.4. The Balaban J connectivity index is 1.31. The first-order valence-corrected chi connectivity index (χ1v) is 35.6. The highest BCUT2D eigenvalue weighted by Crippen LogP contribution is 2.38. The van der Waals surface area contributed by atoms with E-state index in [0.717, 1.165) is 55.7 Å². The Kier molecular flexibility index (Phi) is 28.4. The van der Waals surface area contributed by atoms with Crippen molar-refractivity contribution in [1.82, 2.24) is 60.0 Å². The van der Waals surface area contributed by atoms with Gasteiger partial charge in [0.2, 0.25) is 70.9 Å². The van der Waals surface area contributed by atoms with Crippen LogP contribution in [-0.4, -0.2) is 271 Å². The van der Waals surface area contributed by atoms with E-state index in [0.29, 0.717) is 49.0 Å². The lowest BCUT2D eigenvalue weighted by atomic mass is 9.81. The number of carbonyl (C=O) groups excluding carboxylic acids is 12. The molecule has 5 aliphatic rings. The minimum atomic E-state index is -5.12. The number of benzene rings is 2. The number of likely N-dealkylation sites (N-methyl/N-ethyl adjacent to an activating group) is 7. The molecule has 8 atom stereocenters. The van der Waals surface area contributed by atoms with Gasteiger partial charge in [0.05, 0.1) is 56.3 Å². The molecule has 25 nitrogen and oxygen atoms in total. The normalized spacial score (nSPS) is 25.5. The number of ether oxygens (including phenoxy) is 1. The van der Waals surface area contributed by atoms with Crippen LogP contribution in [0.25, 0.3) is 0 Å². The predicted octanol–water partition coefficient (Wildman–Crippen LogP) is 4.76. The molecule has 103 heavy (non-hydrogen) atoms. The molecule has 12 amide bonds. The molecule has 0 bridgehead atoms. The van der Waals surface area contributed by atoms with E-state index < -0.39 is 186 Å². The standard InChI is InChI=1S/C71H99ClF6N12O13/c1-11-44(3)59-66(100)84(6)41-57(93)82(4)42-58(94)85(7)52(37-46-23-21-43(2)22-24-46)64(98)83(5)40-55(91)79-50(28-26-45-25-27-48(49(72)36-45)71(76,77)78)63(97)90-31-17-20-51(90)62(96)81-69(29-15-16-30-69)68(102)88(10)60(47-18-13-12-14-19-47)67(101)87(9)53(65(99)89-32-34-103-35-33-89)38-56(92)86(8)54(61(95)80-59)39-70(73,74)75/h21-25,27,36,44,47,50-54,59-60H,11-20,26,28-35,37-42H2,1-10H3,(H,79,91)(H,80,95)(H,81,96)/t44-,50-,51-,52-,53-,54-,59-,60-/m0/s1. The van der Waals surface area contributed by atoms with Crippen LogP contribution in [0, 0.1) is 18.8 Å². The summed E-state index contributed by atoms with van der Waals surface area (Å²) in [6.07, 6.45) is -8.96. The van der Waals surface area contributed by atoms with E-state index in [2.05, 4.69) is 16.0 Å². The summed E-state index contributed by atoms with van der Waals surface area (Å²) in [6.45, 7) is 2.91. The van der Waals surface area contributed by atoms with Crippen molar-refractivity contribution >= 4 is 82.5 Å². The van der Waals surface area contributed by atoms with Gasteiger partial charge < -0.3 is 64.8 Å². The molecule has 2 aromatic carbocycles. The van der Waals surface area contributed by atoms with Crippen LogP contribution in [0.4, 0.5) is 26.3 Å². The topological polar surface area (TPSA) is 279 Å².